The Kier molecular flexibility index (Phi) is 6.21. The summed E-state index contributed by atoms with van der Waals surface area (Å²) in [6.07, 6.45) is 1.39. The SMILES string of the molecule is CC#CCC(NC(=O)OCC1c2ccccc2-c2ccccc21)C(=O)N1C2CCC1C(C(=O)O)C2. The lowest BCUT2D eigenvalue weighted by molar-refractivity contribution is -0.143. The highest BCUT2D eigenvalue weighted by Gasteiger charge is 2.52. The summed E-state index contributed by atoms with van der Waals surface area (Å²) in [7, 11) is 0. The van der Waals surface area contributed by atoms with E-state index in [0.29, 0.717) is 12.8 Å². The Morgan fingerprint density at radius 3 is 2.34 bits per heavy atom. The molecule has 0 radical (unpaired) electrons. The van der Waals surface area contributed by atoms with Crippen LogP contribution < -0.4 is 5.32 Å². The number of nitrogens with one attached hydrogen (secondary N) is 1. The molecule has 0 spiro atoms. The fraction of sp³-hybridized carbons (Fsp3) is 0.393. The highest BCUT2D eigenvalue weighted by atomic mass is 16.5. The summed E-state index contributed by atoms with van der Waals surface area (Å²) in [6.45, 7) is 1.82. The molecule has 2 saturated heterocycles. The minimum Gasteiger partial charge on any atom is -0.481 e. The number of nitrogens with zero attached hydrogens (tertiary/aromatic N) is 1. The monoisotopic (exact) mass is 472 g/mol. The van der Waals surface area contributed by atoms with Crippen LogP contribution in [-0.2, 0) is 14.3 Å². The fourth-order valence-electron chi connectivity index (χ4n) is 5.96. The van der Waals surface area contributed by atoms with E-state index >= 15 is 0 Å². The fourth-order valence-corrected chi connectivity index (χ4v) is 5.96. The van der Waals surface area contributed by atoms with Gasteiger partial charge in [0.15, 0.2) is 0 Å². The highest BCUT2D eigenvalue weighted by molar-refractivity contribution is 5.88. The second kappa shape index (κ2) is 9.46. The number of rotatable bonds is 6. The largest absolute Gasteiger partial charge is 0.481 e. The number of carbonyl (C=O) groups excluding carboxylic acids is 2. The first-order chi connectivity index (χ1) is 17.0. The molecule has 2 heterocycles. The third-order valence-corrected chi connectivity index (χ3v) is 7.53. The zero-order valence-electron chi connectivity index (χ0n) is 19.6. The Labute approximate surface area is 204 Å². The van der Waals surface area contributed by atoms with E-state index in [1.54, 1.807) is 11.8 Å². The van der Waals surface area contributed by atoms with Gasteiger partial charge in [-0.3, -0.25) is 9.59 Å². The Morgan fingerprint density at radius 1 is 1.09 bits per heavy atom. The lowest BCUT2D eigenvalue weighted by Gasteiger charge is -2.27. The van der Waals surface area contributed by atoms with E-state index in [4.69, 9.17) is 4.74 Å². The molecular weight excluding hydrogens is 444 g/mol. The lowest BCUT2D eigenvalue weighted by atomic mass is 9.89. The van der Waals surface area contributed by atoms with Crippen LogP contribution in [0.5, 0.6) is 0 Å². The molecule has 4 atom stereocenters. The van der Waals surface area contributed by atoms with E-state index in [0.717, 1.165) is 28.7 Å². The first kappa shape index (κ1) is 23.0. The van der Waals surface area contributed by atoms with Crippen LogP contribution in [0.4, 0.5) is 4.79 Å². The van der Waals surface area contributed by atoms with E-state index in [9.17, 15) is 19.5 Å². The summed E-state index contributed by atoms with van der Waals surface area (Å²) in [5.41, 5.74) is 4.50. The molecule has 2 fully saturated rings. The average molecular weight is 473 g/mol. The molecule has 1 aliphatic carbocycles. The molecule has 2 N–H and O–H groups in total. The van der Waals surface area contributed by atoms with Crippen molar-refractivity contribution in [3.63, 3.8) is 0 Å². The van der Waals surface area contributed by atoms with Crippen molar-refractivity contribution < 1.29 is 24.2 Å². The van der Waals surface area contributed by atoms with Gasteiger partial charge in [-0.2, -0.15) is 0 Å². The summed E-state index contributed by atoms with van der Waals surface area (Å²) in [5.74, 6) is 3.87. The molecule has 35 heavy (non-hydrogen) atoms. The van der Waals surface area contributed by atoms with Crippen LogP contribution in [0, 0.1) is 17.8 Å². The Bertz CT molecular complexity index is 1180. The number of hydrogen-bond acceptors (Lipinski definition) is 4. The minimum atomic E-state index is -0.881. The van der Waals surface area contributed by atoms with Gasteiger partial charge in [-0.15, -0.1) is 11.8 Å². The van der Waals surface area contributed by atoms with Crippen molar-refractivity contribution >= 4 is 18.0 Å². The van der Waals surface area contributed by atoms with Crippen molar-refractivity contribution in [3.8, 4) is 23.0 Å². The maximum atomic E-state index is 13.4. The van der Waals surface area contributed by atoms with Gasteiger partial charge in [-0.05, 0) is 48.4 Å². The van der Waals surface area contributed by atoms with E-state index in [-0.39, 0.29) is 36.9 Å². The third kappa shape index (κ3) is 4.14. The molecule has 2 aromatic rings. The number of benzene rings is 2. The predicted molar refractivity (Wildman–Crippen MR) is 129 cm³/mol. The minimum absolute atomic E-state index is 0.0801. The second-order valence-corrected chi connectivity index (χ2v) is 9.38. The van der Waals surface area contributed by atoms with E-state index in [1.807, 2.05) is 36.4 Å². The Morgan fingerprint density at radius 2 is 1.74 bits per heavy atom. The van der Waals surface area contributed by atoms with Gasteiger partial charge in [-0.25, -0.2) is 4.79 Å². The zero-order valence-corrected chi connectivity index (χ0v) is 19.6. The second-order valence-electron chi connectivity index (χ2n) is 9.38. The summed E-state index contributed by atoms with van der Waals surface area (Å²) < 4.78 is 5.63. The van der Waals surface area contributed by atoms with E-state index in [2.05, 4.69) is 29.3 Å². The molecule has 2 bridgehead atoms. The zero-order chi connectivity index (χ0) is 24.5. The molecule has 7 heteroatoms. The van der Waals surface area contributed by atoms with Gasteiger partial charge in [-0.1, -0.05) is 48.5 Å². The smallest absolute Gasteiger partial charge is 0.407 e. The molecule has 0 saturated carbocycles. The topological polar surface area (TPSA) is 95.9 Å². The van der Waals surface area contributed by atoms with Gasteiger partial charge in [0.05, 0.1) is 5.92 Å². The number of carboxylic acids is 1. The van der Waals surface area contributed by atoms with Crippen molar-refractivity contribution in [2.75, 3.05) is 6.61 Å². The van der Waals surface area contributed by atoms with Crippen molar-refractivity contribution in [1.29, 1.82) is 0 Å². The molecule has 5 rings (SSSR count). The first-order valence-electron chi connectivity index (χ1n) is 12.1. The molecule has 2 amide bonds. The van der Waals surface area contributed by atoms with Gasteiger partial charge in [0.2, 0.25) is 5.91 Å². The van der Waals surface area contributed by atoms with Crippen LogP contribution in [0.15, 0.2) is 48.5 Å². The Hall–Kier alpha value is -3.79. The number of hydrogen-bond donors (Lipinski definition) is 2. The van der Waals surface area contributed by atoms with Crippen LogP contribution in [-0.4, -0.2) is 52.7 Å². The quantitative estimate of drug-likeness (QED) is 0.624. The van der Waals surface area contributed by atoms with E-state index in [1.165, 1.54) is 0 Å². The van der Waals surface area contributed by atoms with Crippen molar-refractivity contribution in [1.82, 2.24) is 10.2 Å². The van der Waals surface area contributed by atoms with Crippen LogP contribution in [0.1, 0.15) is 49.7 Å². The van der Waals surface area contributed by atoms with Gasteiger partial charge in [0, 0.05) is 24.4 Å². The molecule has 7 nitrogen and oxygen atoms in total. The Balaban J connectivity index is 1.27. The highest BCUT2D eigenvalue weighted by Crippen LogP contribution is 2.45. The standard InChI is InChI=1S/C28H28N2O5/c1-2-3-12-24(26(31)30-17-13-14-25(30)22(15-17)27(32)33)29-28(34)35-16-23-20-10-6-4-8-18(20)19-9-5-7-11-21(19)23/h4-11,17,22-25H,12-16H2,1H3,(H,29,34)(H,32,33). The molecule has 2 aliphatic heterocycles. The normalized spacial score (nSPS) is 22.5. The van der Waals surface area contributed by atoms with Crippen LogP contribution in [0.3, 0.4) is 0 Å². The molecular formula is C28H28N2O5. The average Bonchev–Trinajstić information content (AvgIpc) is 3.54. The summed E-state index contributed by atoms with van der Waals surface area (Å²) in [4.78, 5) is 39.5. The van der Waals surface area contributed by atoms with Gasteiger partial charge in [0.25, 0.3) is 0 Å². The summed E-state index contributed by atoms with van der Waals surface area (Å²) in [5, 5.41) is 12.2. The van der Waals surface area contributed by atoms with E-state index < -0.39 is 24.0 Å². The number of carbonyl (C=O) groups is 3. The molecule has 2 aromatic carbocycles. The number of amides is 2. The maximum Gasteiger partial charge on any atom is 0.407 e. The lowest BCUT2D eigenvalue weighted by Crippen LogP contribution is -2.51. The molecule has 0 aromatic heterocycles. The number of alkyl carbamates (subject to hydrolysis) is 1. The van der Waals surface area contributed by atoms with Crippen molar-refractivity contribution in [3.05, 3.63) is 59.7 Å². The van der Waals surface area contributed by atoms with Crippen molar-refractivity contribution in [2.24, 2.45) is 5.92 Å². The molecule has 180 valence electrons. The number of carboxylic acid groups (broad SMARTS) is 1. The first-order valence-corrected chi connectivity index (χ1v) is 12.1. The summed E-state index contributed by atoms with van der Waals surface area (Å²) >= 11 is 0. The summed E-state index contributed by atoms with van der Waals surface area (Å²) in [6, 6.07) is 14.9. The van der Waals surface area contributed by atoms with Gasteiger partial charge >= 0.3 is 12.1 Å². The maximum absolute atomic E-state index is 13.4. The molecule has 4 unspecified atom stereocenters. The van der Waals surface area contributed by atoms with Crippen molar-refractivity contribution in [2.45, 2.75) is 56.7 Å². The molecule has 3 aliphatic rings. The third-order valence-electron chi connectivity index (χ3n) is 7.53. The van der Waals surface area contributed by atoms with Crippen LogP contribution >= 0.6 is 0 Å². The van der Waals surface area contributed by atoms with Gasteiger partial charge < -0.3 is 20.1 Å². The van der Waals surface area contributed by atoms with Crippen LogP contribution in [0.2, 0.25) is 0 Å². The number of aliphatic carboxylic acids is 1. The predicted octanol–water partition coefficient (Wildman–Crippen LogP) is 3.77. The van der Waals surface area contributed by atoms with Crippen LogP contribution in [0.25, 0.3) is 11.1 Å². The number of fused-ring (bicyclic) bond motifs is 5. The number of ether oxygens (including phenoxy) is 1. The van der Waals surface area contributed by atoms with Gasteiger partial charge in [0.1, 0.15) is 12.6 Å².